The Labute approximate surface area is 182 Å². The number of amides is 1. The fraction of sp³-hybridized carbons (Fsp3) is 0.571. The van der Waals surface area contributed by atoms with Gasteiger partial charge < -0.3 is 4.90 Å². The highest BCUT2D eigenvalue weighted by atomic mass is 35.5. The molecule has 0 aliphatic heterocycles. The maximum absolute atomic E-state index is 12.8. The van der Waals surface area contributed by atoms with Crippen molar-refractivity contribution in [3.05, 3.63) is 35.1 Å². The van der Waals surface area contributed by atoms with Crippen molar-refractivity contribution in [2.24, 2.45) is 0 Å². The second-order valence-electron chi connectivity index (χ2n) is 7.88. The molecular weight excluding hydrogens is 406 g/mol. The smallest absolute Gasteiger partial charge is 0.233 e. The van der Waals surface area contributed by atoms with E-state index in [1.165, 1.54) is 31.0 Å². The van der Waals surface area contributed by atoms with Gasteiger partial charge in [-0.25, -0.2) is 0 Å². The van der Waals surface area contributed by atoms with Crippen molar-refractivity contribution in [2.45, 2.75) is 56.3 Å². The third kappa shape index (κ3) is 5.32. The van der Waals surface area contributed by atoms with Crippen molar-refractivity contribution < 1.29 is 4.79 Å². The van der Waals surface area contributed by atoms with E-state index in [0.29, 0.717) is 16.8 Å². The molecule has 2 aromatic rings. The zero-order valence-corrected chi connectivity index (χ0v) is 19.2. The van der Waals surface area contributed by atoms with E-state index in [-0.39, 0.29) is 11.9 Å². The lowest BCUT2D eigenvalue weighted by Gasteiger charge is -2.31. The molecule has 1 fully saturated rings. The van der Waals surface area contributed by atoms with Gasteiger partial charge in [0, 0.05) is 23.8 Å². The molecule has 8 heteroatoms. The standard InChI is InChI=1S/C21H30ClN5OS/c1-15(25(2)3)20-23-24-21(27(20)18-12-10-16(22)11-13-18)29-14-19(28)26(4)17-8-6-5-7-9-17/h10-13,15,17H,5-9,14H2,1-4H3/t15-/m1/s1. The van der Waals surface area contributed by atoms with Crippen LogP contribution in [0, 0.1) is 0 Å². The van der Waals surface area contributed by atoms with Crippen molar-refractivity contribution in [3.63, 3.8) is 0 Å². The molecule has 0 N–H and O–H groups in total. The largest absolute Gasteiger partial charge is 0.342 e. The monoisotopic (exact) mass is 435 g/mol. The second-order valence-corrected chi connectivity index (χ2v) is 9.26. The summed E-state index contributed by atoms with van der Waals surface area (Å²) in [6, 6.07) is 8.08. The van der Waals surface area contributed by atoms with Gasteiger partial charge in [0.25, 0.3) is 0 Å². The number of aromatic nitrogens is 3. The van der Waals surface area contributed by atoms with E-state index in [1.54, 1.807) is 0 Å². The van der Waals surface area contributed by atoms with Crippen molar-refractivity contribution in [2.75, 3.05) is 26.9 Å². The van der Waals surface area contributed by atoms with Gasteiger partial charge in [0.15, 0.2) is 11.0 Å². The molecule has 0 bridgehead atoms. The van der Waals surface area contributed by atoms with E-state index in [1.807, 2.05) is 54.9 Å². The summed E-state index contributed by atoms with van der Waals surface area (Å²) in [7, 11) is 5.96. The molecule has 158 valence electrons. The minimum Gasteiger partial charge on any atom is -0.342 e. The van der Waals surface area contributed by atoms with Crippen LogP contribution < -0.4 is 0 Å². The highest BCUT2D eigenvalue weighted by Crippen LogP contribution is 2.28. The molecule has 0 saturated heterocycles. The Morgan fingerprint density at radius 2 is 1.83 bits per heavy atom. The van der Waals surface area contributed by atoms with Gasteiger partial charge >= 0.3 is 0 Å². The Bertz CT molecular complexity index is 817. The van der Waals surface area contributed by atoms with E-state index in [2.05, 4.69) is 22.0 Å². The summed E-state index contributed by atoms with van der Waals surface area (Å²) in [6.45, 7) is 2.09. The third-order valence-corrected chi connectivity index (χ3v) is 6.90. The van der Waals surface area contributed by atoms with E-state index < -0.39 is 0 Å². The minimum absolute atomic E-state index is 0.0770. The number of halogens is 1. The topological polar surface area (TPSA) is 54.3 Å². The summed E-state index contributed by atoms with van der Waals surface area (Å²) in [5, 5.41) is 10.3. The summed E-state index contributed by atoms with van der Waals surface area (Å²) in [5.74, 6) is 1.34. The molecular formula is C21H30ClN5OS. The lowest BCUT2D eigenvalue weighted by atomic mass is 9.94. The lowest BCUT2D eigenvalue weighted by Crippen LogP contribution is -2.39. The van der Waals surface area contributed by atoms with Crippen LogP contribution in [0.15, 0.2) is 29.4 Å². The van der Waals surface area contributed by atoms with Crippen LogP contribution in [0.2, 0.25) is 5.02 Å². The zero-order valence-electron chi connectivity index (χ0n) is 17.6. The van der Waals surface area contributed by atoms with Crippen molar-refractivity contribution in [1.29, 1.82) is 0 Å². The summed E-state index contributed by atoms with van der Waals surface area (Å²) >= 11 is 7.52. The number of hydrogen-bond donors (Lipinski definition) is 0. The number of carbonyl (C=O) groups is 1. The SMILES string of the molecule is C[C@H](c1nnc(SCC(=O)N(C)C2CCCCC2)n1-c1ccc(Cl)cc1)N(C)C. The van der Waals surface area contributed by atoms with Crippen LogP contribution >= 0.6 is 23.4 Å². The quantitative estimate of drug-likeness (QED) is 0.602. The first kappa shape index (κ1) is 22.1. The van der Waals surface area contributed by atoms with Gasteiger partial charge in [-0.15, -0.1) is 10.2 Å². The number of hydrogen-bond acceptors (Lipinski definition) is 5. The number of nitrogens with zero attached hydrogens (tertiary/aromatic N) is 5. The molecule has 1 aliphatic carbocycles. The predicted molar refractivity (Wildman–Crippen MR) is 119 cm³/mol. The Morgan fingerprint density at radius 1 is 1.17 bits per heavy atom. The zero-order chi connectivity index (χ0) is 21.0. The highest BCUT2D eigenvalue weighted by Gasteiger charge is 2.24. The average molecular weight is 436 g/mol. The van der Waals surface area contributed by atoms with E-state index in [0.717, 1.165) is 29.5 Å². The molecule has 1 heterocycles. The van der Waals surface area contributed by atoms with E-state index >= 15 is 0 Å². The first-order valence-electron chi connectivity index (χ1n) is 10.1. The van der Waals surface area contributed by atoms with E-state index in [4.69, 9.17) is 11.6 Å². The predicted octanol–water partition coefficient (Wildman–Crippen LogP) is 4.43. The highest BCUT2D eigenvalue weighted by molar-refractivity contribution is 7.99. The normalized spacial score (nSPS) is 16.2. The van der Waals surface area contributed by atoms with Gasteiger partial charge in [-0.3, -0.25) is 14.3 Å². The fourth-order valence-corrected chi connectivity index (χ4v) is 4.62. The Kier molecular flexibility index (Phi) is 7.60. The molecule has 6 nitrogen and oxygen atoms in total. The van der Waals surface area contributed by atoms with Crippen LogP contribution in [0.5, 0.6) is 0 Å². The fourth-order valence-electron chi connectivity index (χ4n) is 3.61. The van der Waals surface area contributed by atoms with Gasteiger partial charge in [-0.05, 0) is 58.1 Å². The van der Waals surface area contributed by atoms with Gasteiger partial charge in [-0.1, -0.05) is 42.6 Å². The molecule has 1 aliphatic rings. The number of carbonyl (C=O) groups excluding carboxylic acids is 1. The molecule has 1 aromatic carbocycles. The van der Waals surface area contributed by atoms with Gasteiger partial charge in [-0.2, -0.15) is 0 Å². The summed E-state index contributed by atoms with van der Waals surface area (Å²) < 4.78 is 2.03. The lowest BCUT2D eigenvalue weighted by molar-refractivity contribution is -0.129. The minimum atomic E-state index is 0.0770. The second kappa shape index (κ2) is 9.96. The van der Waals surface area contributed by atoms with Crippen molar-refractivity contribution in [3.8, 4) is 5.69 Å². The van der Waals surface area contributed by atoms with Crippen LogP contribution in [0.1, 0.15) is 50.9 Å². The third-order valence-electron chi connectivity index (χ3n) is 5.73. The molecule has 3 rings (SSSR count). The van der Waals surface area contributed by atoms with E-state index in [9.17, 15) is 4.79 Å². The van der Waals surface area contributed by atoms with Gasteiger partial charge in [0.1, 0.15) is 0 Å². The molecule has 1 atom stereocenters. The molecule has 29 heavy (non-hydrogen) atoms. The van der Waals surface area contributed by atoms with Crippen LogP contribution in [0.4, 0.5) is 0 Å². The van der Waals surface area contributed by atoms with Crippen LogP contribution in [-0.2, 0) is 4.79 Å². The summed E-state index contributed by atoms with van der Waals surface area (Å²) in [5.41, 5.74) is 0.943. The number of thioether (sulfide) groups is 1. The van der Waals surface area contributed by atoms with Crippen molar-refractivity contribution in [1.82, 2.24) is 24.6 Å². The van der Waals surface area contributed by atoms with Gasteiger partial charge in [0.05, 0.1) is 11.8 Å². The first-order valence-corrected chi connectivity index (χ1v) is 11.5. The summed E-state index contributed by atoms with van der Waals surface area (Å²) in [4.78, 5) is 16.8. The van der Waals surface area contributed by atoms with Crippen molar-refractivity contribution >= 4 is 29.3 Å². The molecule has 1 saturated carbocycles. The Hall–Kier alpha value is -1.57. The molecule has 0 radical (unpaired) electrons. The maximum atomic E-state index is 12.8. The Balaban J connectivity index is 1.79. The van der Waals surface area contributed by atoms with Crippen LogP contribution in [0.3, 0.4) is 0 Å². The molecule has 0 spiro atoms. The van der Waals surface area contributed by atoms with Crippen LogP contribution in [0.25, 0.3) is 5.69 Å². The number of rotatable bonds is 7. The first-order chi connectivity index (χ1) is 13.9. The number of benzene rings is 1. The average Bonchev–Trinajstić information content (AvgIpc) is 3.15. The maximum Gasteiger partial charge on any atom is 0.233 e. The molecule has 0 unspecified atom stereocenters. The van der Waals surface area contributed by atoms with Gasteiger partial charge in [0.2, 0.25) is 5.91 Å². The van der Waals surface area contributed by atoms with Crippen LogP contribution in [-0.4, -0.2) is 63.4 Å². The Morgan fingerprint density at radius 3 is 2.45 bits per heavy atom. The molecule has 1 amide bonds. The summed E-state index contributed by atoms with van der Waals surface area (Å²) in [6.07, 6.45) is 5.93. The molecule has 1 aromatic heterocycles.